The molecule has 3 unspecified atom stereocenters. The standard InChI is InChI=1S/C21H28N2O6S3/c1-28-17-6-3-14(4-7-17)5-8-18(29-2)13-23-12-15-9-19-10-16(23)11-20(32(22,26)27)30-21(15)31(19,24)25/h3-4,6-7,11,16,18-19H,5,8-10,12-13H2,1-2H3,(H2,22,26,27). The summed E-state index contributed by atoms with van der Waals surface area (Å²) in [6.07, 6.45) is 3.94. The van der Waals surface area contributed by atoms with Crippen molar-refractivity contribution in [3.8, 4) is 5.75 Å². The van der Waals surface area contributed by atoms with Crippen LogP contribution in [0.5, 0.6) is 5.75 Å². The summed E-state index contributed by atoms with van der Waals surface area (Å²) in [5, 5.41) is 4.89. The number of nitrogens with two attached hydrogens (primary N) is 1. The molecule has 0 spiro atoms. The molecule has 0 saturated carbocycles. The van der Waals surface area contributed by atoms with Crippen molar-refractivity contribution in [2.24, 2.45) is 5.14 Å². The molecular weight excluding hydrogens is 472 g/mol. The Morgan fingerprint density at radius 2 is 1.97 bits per heavy atom. The Labute approximate surface area is 193 Å². The largest absolute Gasteiger partial charge is 0.497 e. The van der Waals surface area contributed by atoms with E-state index in [1.807, 2.05) is 24.3 Å². The van der Waals surface area contributed by atoms with E-state index in [4.69, 9.17) is 14.6 Å². The van der Waals surface area contributed by atoms with Gasteiger partial charge >= 0.3 is 0 Å². The van der Waals surface area contributed by atoms with Gasteiger partial charge in [0.05, 0.1) is 18.5 Å². The molecule has 1 aromatic carbocycles. The van der Waals surface area contributed by atoms with Gasteiger partial charge < -0.3 is 9.47 Å². The van der Waals surface area contributed by atoms with Crippen molar-refractivity contribution >= 4 is 31.6 Å². The molecule has 0 aromatic heterocycles. The average molecular weight is 501 g/mol. The van der Waals surface area contributed by atoms with Crippen LogP contribution in [0.1, 0.15) is 24.8 Å². The van der Waals surface area contributed by atoms with E-state index in [1.165, 1.54) is 5.56 Å². The van der Waals surface area contributed by atoms with Crippen molar-refractivity contribution in [2.45, 2.75) is 43.1 Å². The van der Waals surface area contributed by atoms with Gasteiger partial charge in [0.1, 0.15) is 14.2 Å². The Hall–Kier alpha value is -1.37. The summed E-state index contributed by atoms with van der Waals surface area (Å²) in [7, 11) is -4.22. The molecule has 1 aromatic rings. The Morgan fingerprint density at radius 3 is 2.59 bits per heavy atom. The quantitative estimate of drug-likeness (QED) is 0.576. The van der Waals surface area contributed by atoms with Crippen LogP contribution in [0.15, 0.2) is 44.4 Å². The maximum Gasteiger partial charge on any atom is 0.244 e. The Kier molecular flexibility index (Phi) is 6.77. The fourth-order valence-electron chi connectivity index (χ4n) is 4.54. The molecule has 176 valence electrons. The summed E-state index contributed by atoms with van der Waals surface area (Å²) >= 11 is 0.793. The first kappa shape index (κ1) is 23.8. The minimum absolute atomic E-state index is 0.0872. The molecule has 4 bridgehead atoms. The van der Waals surface area contributed by atoms with Gasteiger partial charge in [0.25, 0.3) is 0 Å². The number of fused-ring (bicyclic) bond motifs is 2. The minimum Gasteiger partial charge on any atom is -0.497 e. The van der Waals surface area contributed by atoms with Gasteiger partial charge in [-0.1, -0.05) is 23.9 Å². The van der Waals surface area contributed by atoms with Crippen LogP contribution in [-0.4, -0.2) is 66.4 Å². The van der Waals surface area contributed by atoms with Gasteiger partial charge in [0, 0.05) is 26.2 Å². The fourth-order valence-corrected chi connectivity index (χ4v) is 9.33. The highest BCUT2D eigenvalue weighted by molar-refractivity contribution is 8.27. The number of ether oxygens (including phenoxy) is 2. The predicted octanol–water partition coefficient (Wildman–Crippen LogP) is 1.99. The van der Waals surface area contributed by atoms with E-state index >= 15 is 0 Å². The third kappa shape index (κ3) is 4.78. The summed E-state index contributed by atoms with van der Waals surface area (Å²) in [5.74, 6) is 0.809. The van der Waals surface area contributed by atoms with E-state index in [2.05, 4.69) is 4.90 Å². The molecule has 0 aliphatic carbocycles. The fraction of sp³-hybridized carbons (Fsp3) is 0.524. The summed E-state index contributed by atoms with van der Waals surface area (Å²) in [6, 6.07) is 7.57. The first-order valence-electron chi connectivity index (χ1n) is 10.4. The highest BCUT2D eigenvalue weighted by atomic mass is 32.3. The van der Waals surface area contributed by atoms with Crippen LogP contribution in [0.2, 0.25) is 0 Å². The third-order valence-electron chi connectivity index (χ3n) is 6.32. The highest BCUT2D eigenvalue weighted by Gasteiger charge is 2.47. The lowest BCUT2D eigenvalue weighted by atomic mass is 10.0. The van der Waals surface area contributed by atoms with Gasteiger partial charge in [-0.05, 0) is 55.0 Å². The van der Waals surface area contributed by atoms with Crippen LogP contribution in [0.4, 0.5) is 0 Å². The molecule has 2 N–H and O–H groups in total. The van der Waals surface area contributed by atoms with E-state index in [9.17, 15) is 16.8 Å². The van der Waals surface area contributed by atoms with E-state index in [0.717, 1.165) is 35.9 Å². The van der Waals surface area contributed by atoms with Gasteiger partial charge in [0.2, 0.25) is 10.0 Å². The molecular formula is C21H28N2O6S3. The first-order valence-corrected chi connectivity index (χ1v) is 14.3. The van der Waals surface area contributed by atoms with Crippen LogP contribution >= 0.6 is 11.8 Å². The topological polar surface area (TPSA) is 116 Å². The van der Waals surface area contributed by atoms with Crippen LogP contribution in [0, 0.1) is 0 Å². The van der Waals surface area contributed by atoms with E-state index in [1.54, 1.807) is 20.3 Å². The number of sulfone groups is 1. The van der Waals surface area contributed by atoms with E-state index in [0.29, 0.717) is 25.9 Å². The van der Waals surface area contributed by atoms with Gasteiger partial charge in [-0.3, -0.25) is 4.90 Å². The highest BCUT2D eigenvalue weighted by Crippen LogP contribution is 2.49. The van der Waals surface area contributed by atoms with Crippen LogP contribution < -0.4 is 9.88 Å². The second kappa shape index (κ2) is 9.11. The Balaban J connectivity index is 1.55. The molecule has 3 atom stereocenters. The van der Waals surface area contributed by atoms with Gasteiger partial charge in [-0.2, -0.15) is 0 Å². The van der Waals surface area contributed by atoms with Crippen LogP contribution in [0.25, 0.3) is 0 Å². The number of thioether (sulfide) groups is 1. The SMILES string of the molecule is COc1ccc(CCC(CN2CC3=C4SC(S(N)(=O)=O)=CC2CC(C3)S4(=O)=O)OC)cc1. The van der Waals surface area contributed by atoms with Crippen molar-refractivity contribution in [1.82, 2.24) is 4.90 Å². The summed E-state index contributed by atoms with van der Waals surface area (Å²) < 4.78 is 61.1. The van der Waals surface area contributed by atoms with Crippen molar-refractivity contribution < 1.29 is 26.3 Å². The zero-order valence-electron chi connectivity index (χ0n) is 18.1. The van der Waals surface area contributed by atoms with Gasteiger partial charge in [0.15, 0.2) is 9.84 Å². The Morgan fingerprint density at radius 1 is 1.25 bits per heavy atom. The van der Waals surface area contributed by atoms with Crippen molar-refractivity contribution in [2.75, 3.05) is 27.3 Å². The number of primary sulfonamides is 1. The number of sulfonamides is 1. The van der Waals surface area contributed by atoms with Gasteiger partial charge in [-0.15, -0.1) is 0 Å². The minimum atomic E-state index is -4.01. The molecule has 4 aliphatic heterocycles. The van der Waals surface area contributed by atoms with E-state index in [-0.39, 0.29) is 20.6 Å². The monoisotopic (exact) mass is 500 g/mol. The number of methoxy groups -OCH3 is 2. The maximum absolute atomic E-state index is 12.9. The van der Waals surface area contributed by atoms with Crippen molar-refractivity contribution in [3.63, 3.8) is 0 Å². The average Bonchev–Trinajstić information content (AvgIpc) is 2.87. The lowest BCUT2D eigenvalue weighted by molar-refractivity contribution is 0.0532. The number of hydrogen-bond donors (Lipinski definition) is 1. The number of rotatable bonds is 8. The molecule has 4 aliphatic rings. The second-order valence-corrected chi connectivity index (χ2v) is 13.6. The van der Waals surface area contributed by atoms with Crippen LogP contribution in [0.3, 0.4) is 0 Å². The second-order valence-electron chi connectivity index (χ2n) is 8.37. The molecule has 0 amide bonds. The normalized spacial score (nSPS) is 25.9. The van der Waals surface area contributed by atoms with Gasteiger partial charge in [-0.25, -0.2) is 22.0 Å². The zero-order chi connectivity index (χ0) is 23.1. The Bertz CT molecular complexity index is 1140. The molecule has 32 heavy (non-hydrogen) atoms. The lowest BCUT2D eigenvalue weighted by Crippen LogP contribution is -2.43. The molecule has 1 saturated heterocycles. The lowest BCUT2D eigenvalue weighted by Gasteiger charge is -2.35. The maximum atomic E-state index is 12.9. The summed E-state index contributed by atoms with van der Waals surface area (Å²) in [6.45, 7) is 1.06. The first-order chi connectivity index (χ1) is 15.1. The number of nitrogens with zero attached hydrogens (tertiary/aromatic N) is 1. The zero-order valence-corrected chi connectivity index (χ0v) is 20.5. The predicted molar refractivity (Wildman–Crippen MR) is 125 cm³/mol. The third-order valence-corrected chi connectivity index (χ3v) is 11.8. The molecule has 4 heterocycles. The summed E-state index contributed by atoms with van der Waals surface area (Å²) in [4.78, 5) is 2.14. The number of benzene rings is 1. The smallest absolute Gasteiger partial charge is 0.244 e. The summed E-state index contributed by atoms with van der Waals surface area (Å²) in [5.41, 5.74) is 1.95. The van der Waals surface area contributed by atoms with E-state index < -0.39 is 25.1 Å². The molecule has 11 heteroatoms. The van der Waals surface area contributed by atoms with Crippen molar-refractivity contribution in [1.29, 1.82) is 0 Å². The van der Waals surface area contributed by atoms with Crippen LogP contribution in [-0.2, 0) is 31.0 Å². The molecule has 0 radical (unpaired) electrons. The van der Waals surface area contributed by atoms with Crippen molar-refractivity contribution in [3.05, 3.63) is 50.0 Å². The molecule has 1 fully saturated rings. The number of aryl methyl sites for hydroxylation is 1. The number of hydrogen-bond acceptors (Lipinski definition) is 8. The molecule has 8 nitrogen and oxygen atoms in total. The molecule has 5 rings (SSSR count).